The number of nitrogens with zero attached hydrogens (tertiary/aromatic N) is 3. The van der Waals surface area contributed by atoms with Crippen molar-refractivity contribution in [3.05, 3.63) is 53.6 Å². The maximum absolute atomic E-state index is 11.0. The number of aryl methyl sites for hydroxylation is 2. The van der Waals surface area contributed by atoms with Crippen LogP contribution in [0.1, 0.15) is 21.9 Å². The average Bonchev–Trinajstić information content (AvgIpc) is 2.96. The number of fused-ring (bicyclic) bond motifs is 1. The van der Waals surface area contributed by atoms with Crippen LogP contribution in [0.3, 0.4) is 0 Å². The molecule has 6 heteroatoms. The Hall–Kier alpha value is -2.63. The van der Waals surface area contributed by atoms with E-state index < -0.39 is 5.97 Å². The fourth-order valence-corrected chi connectivity index (χ4v) is 1.98. The van der Waals surface area contributed by atoms with Gasteiger partial charge in [-0.3, -0.25) is 5.10 Å². The molecule has 0 aliphatic heterocycles. The number of hydrogen-bond donors (Lipinski definition) is 2. The van der Waals surface area contributed by atoms with Crippen LogP contribution >= 0.6 is 0 Å². The molecule has 0 radical (unpaired) electrons. The molecule has 0 aliphatic carbocycles. The summed E-state index contributed by atoms with van der Waals surface area (Å²) in [7, 11) is 0. The van der Waals surface area contributed by atoms with Crippen LogP contribution in [0.4, 0.5) is 0 Å². The van der Waals surface area contributed by atoms with Crippen molar-refractivity contribution in [1.82, 2.24) is 19.6 Å². The summed E-state index contributed by atoms with van der Waals surface area (Å²) in [6.07, 6.45) is 2.86. The van der Waals surface area contributed by atoms with Crippen molar-refractivity contribution >= 4 is 11.7 Å². The number of aromatic amines is 1. The minimum atomic E-state index is -1.02. The van der Waals surface area contributed by atoms with E-state index in [0.29, 0.717) is 12.2 Å². The van der Waals surface area contributed by atoms with Gasteiger partial charge in [-0.1, -0.05) is 30.3 Å². The number of aromatic nitrogens is 4. The molecule has 96 valence electrons. The molecule has 0 saturated carbocycles. The number of H-pyrrole nitrogens is 1. The molecule has 6 nitrogen and oxygen atoms in total. The second-order valence-electron chi connectivity index (χ2n) is 4.24. The molecule has 0 unspecified atom stereocenters. The largest absolute Gasteiger partial charge is 0.476 e. The first-order valence-electron chi connectivity index (χ1n) is 5.93. The number of nitrogens with one attached hydrogen (secondary N) is 1. The zero-order valence-electron chi connectivity index (χ0n) is 10.1. The van der Waals surface area contributed by atoms with Crippen LogP contribution < -0.4 is 0 Å². The first kappa shape index (κ1) is 11.5. The molecular weight excluding hydrogens is 244 g/mol. The lowest BCUT2D eigenvalue weighted by molar-refractivity contribution is 0.0688. The monoisotopic (exact) mass is 256 g/mol. The molecule has 0 saturated heterocycles. The van der Waals surface area contributed by atoms with Gasteiger partial charge in [0.25, 0.3) is 5.78 Å². The number of carboxylic acid groups (broad SMARTS) is 1. The smallest absolute Gasteiger partial charge is 0.356 e. The normalized spacial score (nSPS) is 10.9. The quantitative estimate of drug-likeness (QED) is 0.741. The van der Waals surface area contributed by atoms with Crippen LogP contribution in [0.2, 0.25) is 0 Å². The number of carboxylic acids is 1. The second-order valence-corrected chi connectivity index (χ2v) is 4.24. The van der Waals surface area contributed by atoms with Crippen LogP contribution in [0, 0.1) is 0 Å². The lowest BCUT2D eigenvalue weighted by atomic mass is 10.1. The third-order valence-electron chi connectivity index (χ3n) is 2.93. The standard InChI is InChI=1S/C13H12N4O2/c18-12(19)10-8-14-13-15-11(16-17(10)13)7-6-9-4-2-1-3-5-9/h1-5,8H,6-7H2,(H,18,19)(H,14,15,16). The van der Waals surface area contributed by atoms with Gasteiger partial charge in [-0.2, -0.15) is 4.98 Å². The van der Waals surface area contributed by atoms with Crippen molar-refractivity contribution in [1.29, 1.82) is 0 Å². The van der Waals surface area contributed by atoms with Crippen molar-refractivity contribution in [2.45, 2.75) is 12.8 Å². The molecule has 0 fully saturated rings. The van der Waals surface area contributed by atoms with Crippen molar-refractivity contribution < 1.29 is 9.90 Å². The summed E-state index contributed by atoms with van der Waals surface area (Å²) < 4.78 is 1.39. The molecule has 2 aromatic heterocycles. The van der Waals surface area contributed by atoms with E-state index in [9.17, 15) is 4.79 Å². The highest BCUT2D eigenvalue weighted by atomic mass is 16.4. The fraction of sp³-hybridized carbons (Fsp3) is 0.154. The number of benzene rings is 1. The Morgan fingerprint density at radius 3 is 2.79 bits per heavy atom. The summed E-state index contributed by atoms with van der Waals surface area (Å²) in [4.78, 5) is 19.2. The van der Waals surface area contributed by atoms with E-state index >= 15 is 0 Å². The summed E-state index contributed by atoms with van der Waals surface area (Å²) in [5, 5.41) is 11.9. The van der Waals surface area contributed by atoms with Crippen molar-refractivity contribution in [3.63, 3.8) is 0 Å². The Kier molecular flexibility index (Phi) is 2.75. The highest BCUT2D eigenvalue weighted by Gasteiger charge is 2.13. The summed E-state index contributed by atoms with van der Waals surface area (Å²) in [6, 6.07) is 10.1. The number of hydrogen-bond acceptors (Lipinski definition) is 3. The minimum absolute atomic E-state index is 0.0912. The molecule has 0 atom stereocenters. The fourth-order valence-electron chi connectivity index (χ4n) is 1.98. The van der Waals surface area contributed by atoms with Crippen LogP contribution in [0.25, 0.3) is 5.78 Å². The number of imidazole rings is 1. The Morgan fingerprint density at radius 1 is 1.26 bits per heavy atom. The van der Waals surface area contributed by atoms with E-state index in [0.717, 1.165) is 12.2 Å². The zero-order chi connectivity index (χ0) is 13.2. The van der Waals surface area contributed by atoms with Crippen LogP contribution in [0.15, 0.2) is 36.5 Å². The predicted octanol–water partition coefficient (Wildman–Crippen LogP) is 1.54. The maximum Gasteiger partial charge on any atom is 0.356 e. The van der Waals surface area contributed by atoms with Gasteiger partial charge < -0.3 is 5.11 Å². The Morgan fingerprint density at radius 2 is 2.05 bits per heavy atom. The molecule has 0 aliphatic rings. The van der Waals surface area contributed by atoms with Crippen LogP contribution in [0.5, 0.6) is 0 Å². The summed E-state index contributed by atoms with van der Waals surface area (Å²) in [6.45, 7) is 0. The molecule has 2 N–H and O–H groups in total. The lowest BCUT2D eigenvalue weighted by Gasteiger charge is -1.98. The Balaban J connectivity index is 1.80. The van der Waals surface area contributed by atoms with Gasteiger partial charge >= 0.3 is 5.97 Å². The van der Waals surface area contributed by atoms with Gasteiger partial charge in [-0.05, 0) is 12.0 Å². The second kappa shape index (κ2) is 4.56. The number of aromatic carboxylic acids is 1. The van der Waals surface area contributed by atoms with Crippen molar-refractivity contribution in [2.24, 2.45) is 0 Å². The van der Waals surface area contributed by atoms with E-state index in [1.165, 1.54) is 16.3 Å². The van der Waals surface area contributed by atoms with E-state index in [1.807, 2.05) is 18.2 Å². The van der Waals surface area contributed by atoms with Gasteiger partial charge in [0.05, 0.1) is 6.20 Å². The predicted molar refractivity (Wildman–Crippen MR) is 68.1 cm³/mol. The van der Waals surface area contributed by atoms with E-state index in [2.05, 4.69) is 27.2 Å². The zero-order valence-corrected chi connectivity index (χ0v) is 10.1. The highest BCUT2D eigenvalue weighted by molar-refractivity contribution is 5.86. The van der Waals surface area contributed by atoms with Gasteiger partial charge in [-0.25, -0.2) is 14.3 Å². The molecule has 3 rings (SSSR count). The molecule has 2 heterocycles. The van der Waals surface area contributed by atoms with Crippen molar-refractivity contribution in [3.8, 4) is 0 Å². The Bertz CT molecular complexity index is 715. The van der Waals surface area contributed by atoms with Crippen molar-refractivity contribution in [2.75, 3.05) is 0 Å². The maximum atomic E-state index is 11.0. The third kappa shape index (κ3) is 2.20. The van der Waals surface area contributed by atoms with Gasteiger partial charge in [0.15, 0.2) is 5.69 Å². The summed E-state index contributed by atoms with van der Waals surface area (Å²) in [5.74, 6) is 0.0978. The number of carbonyl (C=O) groups is 1. The molecule has 1 aromatic carbocycles. The number of rotatable bonds is 4. The third-order valence-corrected chi connectivity index (χ3v) is 2.93. The minimum Gasteiger partial charge on any atom is -0.476 e. The topological polar surface area (TPSA) is 83.3 Å². The van der Waals surface area contributed by atoms with Gasteiger partial charge in [0.2, 0.25) is 0 Å². The van der Waals surface area contributed by atoms with Gasteiger partial charge in [-0.15, -0.1) is 0 Å². The van der Waals surface area contributed by atoms with E-state index in [-0.39, 0.29) is 5.69 Å². The summed E-state index contributed by atoms with van der Waals surface area (Å²) >= 11 is 0. The molecule has 0 bridgehead atoms. The molecule has 0 spiro atoms. The van der Waals surface area contributed by atoms with Gasteiger partial charge in [0.1, 0.15) is 5.82 Å². The average molecular weight is 256 g/mol. The van der Waals surface area contributed by atoms with Crippen LogP contribution in [-0.2, 0) is 12.8 Å². The molecule has 3 aromatic rings. The van der Waals surface area contributed by atoms with Crippen LogP contribution in [-0.4, -0.2) is 30.7 Å². The molecule has 19 heavy (non-hydrogen) atoms. The summed E-state index contributed by atoms with van der Waals surface area (Å²) in [5.41, 5.74) is 1.31. The first-order valence-corrected chi connectivity index (χ1v) is 5.93. The van der Waals surface area contributed by atoms with E-state index in [1.54, 1.807) is 0 Å². The van der Waals surface area contributed by atoms with E-state index in [4.69, 9.17) is 5.11 Å². The lowest BCUT2D eigenvalue weighted by Crippen LogP contribution is -2.02. The molecule has 0 amide bonds. The first-order chi connectivity index (χ1) is 9.24. The highest BCUT2D eigenvalue weighted by Crippen LogP contribution is 2.08. The SMILES string of the molecule is O=C(O)c1cnc2nc(CCc3ccccc3)[nH]n12. The van der Waals surface area contributed by atoms with Gasteiger partial charge in [0, 0.05) is 6.42 Å². The molecular formula is C13H12N4O2. The Labute approximate surface area is 108 Å².